The van der Waals surface area contributed by atoms with Gasteiger partial charge in [-0.05, 0) is 25.5 Å². The molecule has 1 aromatic carbocycles. The van der Waals surface area contributed by atoms with Gasteiger partial charge in [0.1, 0.15) is 0 Å². The van der Waals surface area contributed by atoms with Gasteiger partial charge in [-0.25, -0.2) is 4.79 Å². The number of fused-ring (bicyclic) bond motifs is 1. The predicted molar refractivity (Wildman–Crippen MR) is 88.9 cm³/mol. The summed E-state index contributed by atoms with van der Waals surface area (Å²) in [5, 5.41) is 11.9. The van der Waals surface area contributed by atoms with Crippen molar-refractivity contribution < 1.29 is 19.4 Å². The van der Waals surface area contributed by atoms with Crippen LogP contribution >= 0.6 is 15.9 Å². The number of aromatic nitrogens is 1. The molecule has 0 saturated carbocycles. The number of ether oxygens (including phenoxy) is 2. The van der Waals surface area contributed by atoms with Crippen LogP contribution in [0.1, 0.15) is 29.9 Å². The number of carbonyl (C=O) groups is 1. The molecule has 0 saturated heterocycles. The topological polar surface area (TPSA) is 60.7 Å². The van der Waals surface area contributed by atoms with Crippen molar-refractivity contribution in [2.45, 2.75) is 26.0 Å². The van der Waals surface area contributed by atoms with Crippen LogP contribution in [0.4, 0.5) is 0 Å². The third kappa shape index (κ3) is 2.73. The van der Waals surface area contributed by atoms with Crippen molar-refractivity contribution in [1.29, 1.82) is 0 Å². The SMILES string of the molecule is COC(=O)c1c(OC)c2c(C(C)(C)O)cccc2n1CCBr. The molecular weight excluding hydrogens is 350 g/mol. The summed E-state index contributed by atoms with van der Waals surface area (Å²) in [7, 11) is 2.86. The standard InChI is InChI=1S/C16H20BrNO4/c1-16(2,20)10-6-5-7-11-12(10)14(21-3)13(15(19)22-4)18(11)9-8-17/h5-7,20H,8-9H2,1-4H3. The molecule has 1 heterocycles. The maximum absolute atomic E-state index is 12.2. The Bertz CT molecular complexity index is 700. The van der Waals surface area contributed by atoms with Gasteiger partial charge >= 0.3 is 5.97 Å². The number of nitrogens with zero attached hydrogens (tertiary/aromatic N) is 1. The molecule has 0 aliphatic rings. The lowest BCUT2D eigenvalue weighted by atomic mass is 9.94. The number of halogens is 1. The van der Waals surface area contributed by atoms with Crippen LogP contribution in [0.2, 0.25) is 0 Å². The molecule has 0 aliphatic carbocycles. The Kier molecular flexibility index (Phi) is 4.82. The highest BCUT2D eigenvalue weighted by Gasteiger charge is 2.29. The first-order valence-corrected chi connectivity index (χ1v) is 8.05. The molecule has 0 bridgehead atoms. The van der Waals surface area contributed by atoms with Crippen molar-refractivity contribution in [3.8, 4) is 5.75 Å². The molecule has 2 rings (SSSR count). The van der Waals surface area contributed by atoms with E-state index in [0.29, 0.717) is 28.9 Å². The summed E-state index contributed by atoms with van der Waals surface area (Å²) in [5.74, 6) is -0.0313. The van der Waals surface area contributed by atoms with E-state index in [1.54, 1.807) is 13.8 Å². The lowest BCUT2D eigenvalue weighted by molar-refractivity contribution is 0.0585. The molecule has 1 N–H and O–H groups in total. The number of carbonyl (C=O) groups excluding carboxylic acids is 1. The number of aliphatic hydroxyl groups is 1. The van der Waals surface area contributed by atoms with Crippen LogP contribution in [-0.2, 0) is 16.9 Å². The zero-order valence-corrected chi connectivity index (χ0v) is 14.7. The molecule has 0 radical (unpaired) electrons. The number of methoxy groups -OCH3 is 2. The quantitative estimate of drug-likeness (QED) is 0.649. The van der Waals surface area contributed by atoms with E-state index in [2.05, 4.69) is 15.9 Å². The normalized spacial score (nSPS) is 11.7. The van der Waals surface area contributed by atoms with Crippen molar-refractivity contribution >= 4 is 32.8 Å². The molecule has 1 aromatic heterocycles. The highest BCUT2D eigenvalue weighted by atomic mass is 79.9. The minimum atomic E-state index is -1.05. The lowest BCUT2D eigenvalue weighted by Gasteiger charge is -2.19. The second-order valence-corrected chi connectivity index (χ2v) is 6.27. The van der Waals surface area contributed by atoms with Crippen molar-refractivity contribution in [3.05, 3.63) is 29.5 Å². The van der Waals surface area contributed by atoms with Crippen LogP contribution < -0.4 is 4.74 Å². The highest BCUT2D eigenvalue weighted by molar-refractivity contribution is 9.09. The van der Waals surface area contributed by atoms with E-state index >= 15 is 0 Å². The van der Waals surface area contributed by atoms with Gasteiger partial charge in [-0.1, -0.05) is 28.1 Å². The van der Waals surface area contributed by atoms with E-state index in [9.17, 15) is 9.90 Å². The van der Waals surface area contributed by atoms with Gasteiger partial charge in [0.2, 0.25) is 0 Å². The average Bonchev–Trinajstić information content (AvgIpc) is 2.79. The van der Waals surface area contributed by atoms with Gasteiger partial charge in [-0.2, -0.15) is 0 Å². The van der Waals surface area contributed by atoms with Crippen LogP contribution in [0.15, 0.2) is 18.2 Å². The second-order valence-electron chi connectivity index (χ2n) is 5.47. The van der Waals surface area contributed by atoms with Gasteiger partial charge in [-0.3, -0.25) is 0 Å². The number of hydrogen-bond acceptors (Lipinski definition) is 4. The zero-order valence-electron chi connectivity index (χ0n) is 13.1. The fraction of sp³-hybridized carbons (Fsp3) is 0.438. The highest BCUT2D eigenvalue weighted by Crippen LogP contribution is 2.39. The van der Waals surface area contributed by atoms with Crippen LogP contribution in [0, 0.1) is 0 Å². The van der Waals surface area contributed by atoms with E-state index in [4.69, 9.17) is 9.47 Å². The Labute approximate surface area is 138 Å². The molecule has 120 valence electrons. The first-order chi connectivity index (χ1) is 10.4. The maximum atomic E-state index is 12.2. The van der Waals surface area contributed by atoms with E-state index in [1.807, 2.05) is 22.8 Å². The van der Waals surface area contributed by atoms with Gasteiger partial charge in [-0.15, -0.1) is 0 Å². The molecule has 0 unspecified atom stereocenters. The van der Waals surface area contributed by atoms with Crippen molar-refractivity contribution in [2.75, 3.05) is 19.5 Å². The monoisotopic (exact) mass is 369 g/mol. The molecule has 22 heavy (non-hydrogen) atoms. The molecule has 0 amide bonds. The predicted octanol–water partition coefficient (Wildman–Crippen LogP) is 3.06. The maximum Gasteiger partial charge on any atom is 0.358 e. The summed E-state index contributed by atoms with van der Waals surface area (Å²) in [6.07, 6.45) is 0. The van der Waals surface area contributed by atoms with Gasteiger partial charge in [0.25, 0.3) is 0 Å². The van der Waals surface area contributed by atoms with Gasteiger partial charge in [0.05, 0.1) is 25.3 Å². The summed E-state index contributed by atoms with van der Waals surface area (Å²) in [4.78, 5) is 12.2. The van der Waals surface area contributed by atoms with Gasteiger partial charge < -0.3 is 19.1 Å². The average molecular weight is 370 g/mol. The van der Waals surface area contributed by atoms with E-state index in [0.717, 1.165) is 10.9 Å². The molecule has 0 spiro atoms. The minimum Gasteiger partial charge on any atom is -0.494 e. The van der Waals surface area contributed by atoms with E-state index < -0.39 is 11.6 Å². The zero-order chi connectivity index (χ0) is 16.5. The Balaban J connectivity index is 2.94. The second kappa shape index (κ2) is 6.30. The number of esters is 1. The molecular formula is C16H20BrNO4. The third-order valence-corrected chi connectivity index (χ3v) is 3.95. The fourth-order valence-electron chi connectivity index (χ4n) is 2.69. The summed E-state index contributed by atoms with van der Waals surface area (Å²) in [5.41, 5.74) is 0.841. The Morgan fingerprint density at radius 2 is 2.05 bits per heavy atom. The Morgan fingerprint density at radius 1 is 1.36 bits per heavy atom. The molecule has 5 nitrogen and oxygen atoms in total. The largest absolute Gasteiger partial charge is 0.494 e. The Hall–Kier alpha value is -1.53. The molecule has 6 heteroatoms. The number of alkyl halides is 1. The van der Waals surface area contributed by atoms with Crippen molar-refractivity contribution in [2.24, 2.45) is 0 Å². The van der Waals surface area contributed by atoms with Crippen LogP contribution in [0.5, 0.6) is 5.75 Å². The van der Waals surface area contributed by atoms with Gasteiger partial charge in [0.15, 0.2) is 11.4 Å². The van der Waals surface area contributed by atoms with Crippen molar-refractivity contribution in [3.63, 3.8) is 0 Å². The van der Waals surface area contributed by atoms with Crippen LogP contribution in [0.25, 0.3) is 10.9 Å². The number of hydrogen-bond donors (Lipinski definition) is 1. The first-order valence-electron chi connectivity index (χ1n) is 6.93. The van der Waals surface area contributed by atoms with E-state index in [1.165, 1.54) is 14.2 Å². The third-order valence-electron chi connectivity index (χ3n) is 3.60. The van der Waals surface area contributed by atoms with Crippen molar-refractivity contribution in [1.82, 2.24) is 4.57 Å². The lowest BCUT2D eigenvalue weighted by Crippen LogP contribution is -2.15. The fourth-order valence-corrected chi connectivity index (χ4v) is 3.04. The smallest absolute Gasteiger partial charge is 0.358 e. The minimum absolute atomic E-state index is 0.358. The number of rotatable bonds is 5. The van der Waals surface area contributed by atoms with Gasteiger partial charge in [0, 0.05) is 17.3 Å². The number of benzene rings is 1. The molecule has 0 aliphatic heterocycles. The molecule has 2 aromatic rings. The first kappa shape index (κ1) is 16.8. The summed E-state index contributed by atoms with van der Waals surface area (Å²) in [6, 6.07) is 5.60. The molecule has 0 fully saturated rings. The summed E-state index contributed by atoms with van der Waals surface area (Å²) in [6.45, 7) is 4.00. The van der Waals surface area contributed by atoms with E-state index in [-0.39, 0.29) is 0 Å². The number of aryl methyl sites for hydroxylation is 1. The summed E-state index contributed by atoms with van der Waals surface area (Å²) < 4.78 is 12.3. The summed E-state index contributed by atoms with van der Waals surface area (Å²) >= 11 is 3.40. The van der Waals surface area contributed by atoms with Crippen LogP contribution in [0.3, 0.4) is 0 Å². The van der Waals surface area contributed by atoms with Crippen LogP contribution in [-0.4, -0.2) is 35.2 Å². The Morgan fingerprint density at radius 3 is 2.55 bits per heavy atom. The molecule has 0 atom stereocenters.